The Balaban J connectivity index is 2.19. The number of aromatic nitrogens is 4. The van der Waals surface area contributed by atoms with Gasteiger partial charge in [0, 0.05) is 5.56 Å². The molecule has 0 atom stereocenters. The highest BCUT2D eigenvalue weighted by atomic mass is 35.5. The zero-order chi connectivity index (χ0) is 14.3. The van der Waals surface area contributed by atoms with Gasteiger partial charge in [-0.3, -0.25) is 15.1 Å². The summed E-state index contributed by atoms with van der Waals surface area (Å²) in [4.78, 5) is 7.48. The molecule has 0 spiro atoms. The van der Waals surface area contributed by atoms with Crippen molar-refractivity contribution in [1.82, 2.24) is 20.2 Å². The molecule has 0 aliphatic rings. The first kappa shape index (κ1) is 12.9. The SMILES string of the molecule is Fc1[nH]nc2c(Cl)ccc(-c3cnc(C(F)F)cn3)c12. The first-order valence-corrected chi connectivity index (χ1v) is 5.88. The largest absolute Gasteiger partial charge is 0.281 e. The first-order valence-electron chi connectivity index (χ1n) is 5.50. The molecule has 0 aliphatic carbocycles. The molecule has 1 aromatic carbocycles. The van der Waals surface area contributed by atoms with Gasteiger partial charge in [0.25, 0.3) is 6.43 Å². The average Bonchev–Trinajstić information content (AvgIpc) is 2.83. The molecule has 3 rings (SSSR count). The average molecular weight is 299 g/mol. The predicted octanol–water partition coefficient (Wildman–Crippen LogP) is 3.75. The lowest BCUT2D eigenvalue weighted by Crippen LogP contribution is -1.94. The third-order valence-electron chi connectivity index (χ3n) is 2.79. The van der Waals surface area contributed by atoms with E-state index in [-0.39, 0.29) is 21.6 Å². The summed E-state index contributed by atoms with van der Waals surface area (Å²) < 4.78 is 38.6. The number of benzene rings is 1. The molecular formula is C12H6ClF3N4. The van der Waals surface area contributed by atoms with E-state index in [0.29, 0.717) is 5.56 Å². The number of hydrogen-bond donors (Lipinski definition) is 1. The Labute approximate surface area is 115 Å². The van der Waals surface area contributed by atoms with E-state index in [2.05, 4.69) is 20.2 Å². The molecule has 0 aliphatic heterocycles. The van der Waals surface area contributed by atoms with E-state index in [4.69, 9.17) is 11.6 Å². The van der Waals surface area contributed by atoms with Gasteiger partial charge < -0.3 is 0 Å². The molecule has 0 amide bonds. The minimum Gasteiger partial charge on any atom is -0.252 e. The van der Waals surface area contributed by atoms with Crippen molar-refractivity contribution in [1.29, 1.82) is 0 Å². The molecule has 0 radical (unpaired) electrons. The fourth-order valence-electron chi connectivity index (χ4n) is 1.86. The van der Waals surface area contributed by atoms with Gasteiger partial charge in [-0.25, -0.2) is 8.78 Å². The van der Waals surface area contributed by atoms with Crippen LogP contribution in [0.15, 0.2) is 24.5 Å². The van der Waals surface area contributed by atoms with E-state index in [1.54, 1.807) is 0 Å². The van der Waals surface area contributed by atoms with Crippen LogP contribution in [-0.4, -0.2) is 20.2 Å². The summed E-state index contributed by atoms with van der Waals surface area (Å²) in [5.74, 6) is -0.669. The van der Waals surface area contributed by atoms with Gasteiger partial charge in [0.2, 0.25) is 5.95 Å². The number of fused-ring (bicyclic) bond motifs is 1. The van der Waals surface area contributed by atoms with E-state index in [9.17, 15) is 13.2 Å². The van der Waals surface area contributed by atoms with Crippen molar-refractivity contribution in [3.8, 4) is 11.3 Å². The van der Waals surface area contributed by atoms with Crippen LogP contribution >= 0.6 is 11.6 Å². The maximum atomic E-state index is 13.7. The van der Waals surface area contributed by atoms with Crippen molar-refractivity contribution in [3.63, 3.8) is 0 Å². The molecule has 0 saturated carbocycles. The second-order valence-electron chi connectivity index (χ2n) is 3.98. The van der Waals surface area contributed by atoms with E-state index in [0.717, 1.165) is 12.4 Å². The highest BCUT2D eigenvalue weighted by molar-refractivity contribution is 6.35. The van der Waals surface area contributed by atoms with E-state index >= 15 is 0 Å². The van der Waals surface area contributed by atoms with E-state index < -0.39 is 18.1 Å². The molecule has 0 bridgehead atoms. The lowest BCUT2D eigenvalue weighted by atomic mass is 10.1. The summed E-state index contributed by atoms with van der Waals surface area (Å²) in [6, 6.07) is 3.07. The maximum absolute atomic E-state index is 13.7. The van der Waals surface area contributed by atoms with Crippen LogP contribution in [0.25, 0.3) is 22.2 Å². The smallest absolute Gasteiger partial charge is 0.252 e. The Kier molecular flexibility index (Phi) is 3.06. The Morgan fingerprint density at radius 2 is 1.95 bits per heavy atom. The minimum absolute atomic E-state index is 0.150. The lowest BCUT2D eigenvalue weighted by molar-refractivity contribution is 0.145. The van der Waals surface area contributed by atoms with E-state index in [1.165, 1.54) is 12.1 Å². The Morgan fingerprint density at radius 3 is 2.60 bits per heavy atom. The predicted molar refractivity (Wildman–Crippen MR) is 67.0 cm³/mol. The Morgan fingerprint density at radius 1 is 1.15 bits per heavy atom. The van der Waals surface area contributed by atoms with Gasteiger partial charge in [0.1, 0.15) is 11.2 Å². The van der Waals surface area contributed by atoms with Crippen molar-refractivity contribution >= 4 is 22.5 Å². The van der Waals surface area contributed by atoms with Crippen LogP contribution in [0.5, 0.6) is 0 Å². The topological polar surface area (TPSA) is 54.5 Å². The van der Waals surface area contributed by atoms with E-state index in [1.807, 2.05) is 0 Å². The molecule has 8 heteroatoms. The molecule has 2 aromatic heterocycles. The molecule has 0 fully saturated rings. The molecule has 4 nitrogen and oxygen atoms in total. The summed E-state index contributed by atoms with van der Waals surface area (Å²) >= 11 is 5.91. The van der Waals surface area contributed by atoms with Gasteiger partial charge in [-0.05, 0) is 6.07 Å². The Bertz CT molecular complexity index is 770. The van der Waals surface area contributed by atoms with Crippen molar-refractivity contribution in [2.45, 2.75) is 6.43 Å². The number of nitrogens with one attached hydrogen (secondary N) is 1. The fourth-order valence-corrected chi connectivity index (χ4v) is 2.06. The fraction of sp³-hybridized carbons (Fsp3) is 0.0833. The van der Waals surface area contributed by atoms with Crippen LogP contribution in [0.1, 0.15) is 12.1 Å². The van der Waals surface area contributed by atoms with Crippen LogP contribution < -0.4 is 0 Å². The van der Waals surface area contributed by atoms with Crippen molar-refractivity contribution in [2.24, 2.45) is 0 Å². The molecule has 1 N–H and O–H groups in total. The zero-order valence-electron chi connectivity index (χ0n) is 9.74. The van der Waals surface area contributed by atoms with Gasteiger partial charge in [0.05, 0.1) is 28.5 Å². The normalized spacial score (nSPS) is 11.4. The summed E-state index contributed by atoms with van der Waals surface area (Å²) in [6.45, 7) is 0. The van der Waals surface area contributed by atoms with Gasteiger partial charge in [-0.2, -0.15) is 9.49 Å². The van der Waals surface area contributed by atoms with Gasteiger partial charge >= 0.3 is 0 Å². The van der Waals surface area contributed by atoms with Gasteiger partial charge in [-0.1, -0.05) is 17.7 Å². The highest BCUT2D eigenvalue weighted by Gasteiger charge is 2.16. The molecule has 0 unspecified atom stereocenters. The molecule has 3 aromatic rings. The summed E-state index contributed by atoms with van der Waals surface area (Å²) in [5, 5.41) is 6.37. The number of alkyl halides is 2. The standard InChI is InChI=1S/C12H6ClF3N4/c13-6-2-1-5(9-10(6)19-20-12(9)16)7-3-18-8(4-17-7)11(14)15/h1-4,11H,(H,19,20). The first-order chi connectivity index (χ1) is 9.58. The minimum atomic E-state index is -2.70. The number of aromatic amines is 1. The third kappa shape index (κ3) is 2.00. The molecule has 20 heavy (non-hydrogen) atoms. The second kappa shape index (κ2) is 4.75. The number of halogens is 4. The summed E-state index contributed by atoms with van der Waals surface area (Å²) in [5.41, 5.74) is 0.452. The second-order valence-corrected chi connectivity index (χ2v) is 4.39. The lowest BCUT2D eigenvalue weighted by Gasteiger charge is -2.04. The van der Waals surface area contributed by atoms with Crippen LogP contribution in [-0.2, 0) is 0 Å². The van der Waals surface area contributed by atoms with Crippen molar-refractivity contribution in [2.75, 3.05) is 0 Å². The van der Waals surface area contributed by atoms with Crippen molar-refractivity contribution < 1.29 is 13.2 Å². The Hall–Kier alpha value is -2.15. The zero-order valence-corrected chi connectivity index (χ0v) is 10.5. The molecule has 0 saturated heterocycles. The number of H-pyrrole nitrogens is 1. The molecule has 102 valence electrons. The van der Waals surface area contributed by atoms with Crippen LogP contribution in [0.2, 0.25) is 5.02 Å². The summed E-state index contributed by atoms with van der Waals surface area (Å²) in [7, 11) is 0. The number of nitrogens with zero attached hydrogens (tertiary/aromatic N) is 3. The summed E-state index contributed by atoms with van der Waals surface area (Å²) in [6.07, 6.45) is -0.581. The van der Waals surface area contributed by atoms with Crippen LogP contribution in [0.3, 0.4) is 0 Å². The quantitative estimate of drug-likeness (QED) is 0.784. The van der Waals surface area contributed by atoms with Crippen LogP contribution in [0, 0.1) is 5.95 Å². The maximum Gasteiger partial charge on any atom is 0.281 e. The monoisotopic (exact) mass is 298 g/mol. The van der Waals surface area contributed by atoms with Crippen molar-refractivity contribution in [3.05, 3.63) is 41.2 Å². The van der Waals surface area contributed by atoms with Crippen LogP contribution in [0.4, 0.5) is 13.2 Å². The third-order valence-corrected chi connectivity index (χ3v) is 3.09. The van der Waals surface area contributed by atoms with Gasteiger partial charge in [-0.15, -0.1) is 0 Å². The highest BCUT2D eigenvalue weighted by Crippen LogP contribution is 2.32. The van der Waals surface area contributed by atoms with Gasteiger partial charge in [0.15, 0.2) is 0 Å². The number of hydrogen-bond acceptors (Lipinski definition) is 3. The molecule has 2 heterocycles. The number of rotatable bonds is 2. The molecular weight excluding hydrogens is 293 g/mol.